The minimum Gasteiger partial charge on any atom is -0.368 e. The number of ether oxygens (including phenoxy) is 1. The Labute approximate surface area is 156 Å². The van der Waals surface area contributed by atoms with Gasteiger partial charge in [0, 0.05) is 24.7 Å². The molecule has 138 valence electrons. The number of hydrogen-bond donors (Lipinski definition) is 1. The summed E-state index contributed by atoms with van der Waals surface area (Å²) in [6.07, 6.45) is 6.01. The van der Waals surface area contributed by atoms with E-state index >= 15 is 0 Å². The van der Waals surface area contributed by atoms with Crippen molar-refractivity contribution in [3.63, 3.8) is 0 Å². The van der Waals surface area contributed by atoms with Gasteiger partial charge in [-0.3, -0.25) is 4.79 Å². The first-order chi connectivity index (χ1) is 12.6. The maximum atomic E-state index is 12.8. The smallest absolute Gasteiger partial charge is 0.273 e. The summed E-state index contributed by atoms with van der Waals surface area (Å²) in [5, 5.41) is 2.90. The fourth-order valence-electron chi connectivity index (χ4n) is 3.77. The molecule has 8 heteroatoms. The number of rotatable bonds is 3. The van der Waals surface area contributed by atoms with Crippen LogP contribution in [0.1, 0.15) is 52.9 Å². The van der Waals surface area contributed by atoms with Crippen LogP contribution >= 0.6 is 11.3 Å². The van der Waals surface area contributed by atoms with E-state index in [4.69, 9.17) is 10.5 Å². The number of nitrogens with two attached hydrogens (primary N) is 1. The number of aryl methyl sites for hydroxylation is 1. The van der Waals surface area contributed by atoms with Crippen LogP contribution in [0.4, 0.5) is 5.95 Å². The monoisotopic (exact) mass is 373 g/mol. The predicted octanol–water partition coefficient (Wildman–Crippen LogP) is 2.17. The van der Waals surface area contributed by atoms with Crippen LogP contribution in [0.3, 0.4) is 0 Å². The molecular weight excluding hydrogens is 350 g/mol. The minimum atomic E-state index is -0.448. The summed E-state index contributed by atoms with van der Waals surface area (Å²) in [6.45, 7) is 4.03. The molecule has 1 spiro atoms. The van der Waals surface area contributed by atoms with Crippen molar-refractivity contribution in [1.29, 1.82) is 0 Å². The SMILES string of the molecule is CCCc1nc(C(=O)N2CCC3(CC2)OCCc2cnc(N)nc23)cs1. The first kappa shape index (κ1) is 17.4. The van der Waals surface area contributed by atoms with Crippen molar-refractivity contribution in [3.05, 3.63) is 33.5 Å². The van der Waals surface area contributed by atoms with Crippen LogP contribution in [0.2, 0.25) is 0 Å². The molecule has 26 heavy (non-hydrogen) atoms. The van der Waals surface area contributed by atoms with Gasteiger partial charge in [0.1, 0.15) is 11.3 Å². The van der Waals surface area contributed by atoms with Crippen molar-refractivity contribution >= 4 is 23.2 Å². The Kier molecular flexibility index (Phi) is 4.62. The number of piperidine rings is 1. The molecule has 4 rings (SSSR count). The molecule has 2 aliphatic rings. The number of hydrogen-bond acceptors (Lipinski definition) is 7. The zero-order valence-electron chi connectivity index (χ0n) is 14.9. The normalized spacial score (nSPS) is 18.7. The van der Waals surface area contributed by atoms with Gasteiger partial charge in [0.15, 0.2) is 0 Å². The highest BCUT2D eigenvalue weighted by atomic mass is 32.1. The number of carbonyl (C=O) groups is 1. The van der Waals surface area contributed by atoms with E-state index < -0.39 is 5.60 Å². The predicted molar refractivity (Wildman–Crippen MR) is 99.0 cm³/mol. The molecule has 1 amide bonds. The molecule has 0 radical (unpaired) electrons. The van der Waals surface area contributed by atoms with Crippen molar-refractivity contribution in [1.82, 2.24) is 19.9 Å². The van der Waals surface area contributed by atoms with E-state index in [0.29, 0.717) is 38.2 Å². The van der Waals surface area contributed by atoms with E-state index in [1.54, 1.807) is 11.3 Å². The number of carbonyl (C=O) groups excluding carboxylic acids is 1. The summed E-state index contributed by atoms with van der Waals surface area (Å²) in [6, 6.07) is 0. The van der Waals surface area contributed by atoms with Gasteiger partial charge in [-0.05, 0) is 37.7 Å². The lowest BCUT2D eigenvalue weighted by Gasteiger charge is -2.43. The number of likely N-dealkylation sites (tertiary alicyclic amines) is 1. The maximum Gasteiger partial charge on any atom is 0.273 e. The van der Waals surface area contributed by atoms with Crippen molar-refractivity contribution in [3.8, 4) is 0 Å². The Hall–Kier alpha value is -2.06. The van der Waals surface area contributed by atoms with Gasteiger partial charge >= 0.3 is 0 Å². The number of anilines is 1. The van der Waals surface area contributed by atoms with Crippen LogP contribution < -0.4 is 5.73 Å². The Morgan fingerprint density at radius 1 is 1.38 bits per heavy atom. The van der Waals surface area contributed by atoms with E-state index in [1.165, 1.54) is 0 Å². The average Bonchev–Trinajstić information content (AvgIpc) is 3.12. The number of fused-ring (bicyclic) bond motifs is 2. The van der Waals surface area contributed by atoms with Crippen molar-refractivity contribution in [2.45, 2.75) is 44.6 Å². The molecular formula is C18H23N5O2S. The van der Waals surface area contributed by atoms with Crippen LogP contribution in [-0.2, 0) is 23.2 Å². The average molecular weight is 373 g/mol. The third-order valence-corrected chi connectivity index (χ3v) is 6.07. The van der Waals surface area contributed by atoms with Gasteiger partial charge in [0.05, 0.1) is 17.3 Å². The van der Waals surface area contributed by atoms with Crippen LogP contribution in [0.25, 0.3) is 0 Å². The Morgan fingerprint density at radius 2 is 2.19 bits per heavy atom. The summed E-state index contributed by atoms with van der Waals surface area (Å²) < 4.78 is 6.16. The molecule has 0 aliphatic carbocycles. The molecule has 1 saturated heterocycles. The number of aromatic nitrogens is 3. The van der Waals surface area contributed by atoms with Crippen LogP contribution in [0.5, 0.6) is 0 Å². The zero-order chi connectivity index (χ0) is 18.1. The molecule has 2 aromatic rings. The maximum absolute atomic E-state index is 12.8. The van der Waals surface area contributed by atoms with Crippen molar-refractivity contribution < 1.29 is 9.53 Å². The molecule has 1 fully saturated rings. The molecule has 4 heterocycles. The molecule has 0 aromatic carbocycles. The lowest BCUT2D eigenvalue weighted by atomic mass is 9.83. The standard InChI is InChI=1S/C18H23N5O2S/c1-2-3-14-21-13(11-26-14)16(24)23-7-5-18(6-8-23)15-12(4-9-25-18)10-20-17(19)22-15/h10-11H,2-9H2,1H3,(H2,19,20,22). The second-order valence-electron chi connectivity index (χ2n) is 6.86. The highest BCUT2D eigenvalue weighted by Gasteiger charge is 2.43. The fourth-order valence-corrected chi connectivity index (χ4v) is 4.65. The molecule has 2 aromatic heterocycles. The fraction of sp³-hybridized carbons (Fsp3) is 0.556. The van der Waals surface area contributed by atoms with Crippen LogP contribution in [0, 0.1) is 0 Å². The number of nitrogens with zero attached hydrogens (tertiary/aromatic N) is 4. The molecule has 2 N–H and O–H groups in total. The van der Waals surface area contributed by atoms with Gasteiger partial charge in [-0.15, -0.1) is 11.3 Å². The number of thiazole rings is 1. The minimum absolute atomic E-state index is 0.0108. The van der Waals surface area contributed by atoms with Gasteiger partial charge in [-0.1, -0.05) is 6.92 Å². The van der Waals surface area contributed by atoms with Crippen LogP contribution in [-0.4, -0.2) is 45.5 Å². The number of amides is 1. The van der Waals surface area contributed by atoms with Crippen LogP contribution in [0.15, 0.2) is 11.6 Å². The highest BCUT2D eigenvalue weighted by Crippen LogP contribution is 2.40. The summed E-state index contributed by atoms with van der Waals surface area (Å²) in [5.74, 6) is 0.287. The summed E-state index contributed by atoms with van der Waals surface area (Å²) in [7, 11) is 0. The van der Waals surface area contributed by atoms with Gasteiger partial charge in [-0.2, -0.15) is 0 Å². The molecule has 2 aliphatic heterocycles. The first-order valence-electron chi connectivity index (χ1n) is 9.11. The van der Waals surface area contributed by atoms with Gasteiger partial charge in [-0.25, -0.2) is 15.0 Å². The number of nitrogen functional groups attached to an aromatic ring is 1. The van der Waals surface area contributed by atoms with Gasteiger partial charge in [0.25, 0.3) is 5.91 Å². The first-order valence-corrected chi connectivity index (χ1v) is 9.99. The van der Waals surface area contributed by atoms with Crippen molar-refractivity contribution in [2.24, 2.45) is 0 Å². The lowest BCUT2D eigenvalue weighted by molar-refractivity contribution is -0.0967. The van der Waals surface area contributed by atoms with E-state index in [1.807, 2.05) is 16.5 Å². The van der Waals surface area contributed by atoms with Gasteiger partial charge in [0.2, 0.25) is 5.95 Å². The summed E-state index contributed by atoms with van der Waals surface area (Å²) >= 11 is 1.57. The topological polar surface area (TPSA) is 94.2 Å². The summed E-state index contributed by atoms with van der Waals surface area (Å²) in [5.41, 5.74) is 7.92. The van der Waals surface area contributed by atoms with Gasteiger partial charge < -0.3 is 15.4 Å². The Morgan fingerprint density at radius 3 is 2.96 bits per heavy atom. The third-order valence-electron chi connectivity index (χ3n) is 5.16. The molecule has 0 atom stereocenters. The van der Waals surface area contributed by atoms with E-state index in [0.717, 1.165) is 35.5 Å². The van der Waals surface area contributed by atoms with E-state index in [9.17, 15) is 4.79 Å². The van der Waals surface area contributed by atoms with E-state index in [-0.39, 0.29) is 11.9 Å². The molecule has 0 saturated carbocycles. The largest absolute Gasteiger partial charge is 0.368 e. The Balaban J connectivity index is 1.49. The third kappa shape index (κ3) is 3.07. The summed E-state index contributed by atoms with van der Waals surface area (Å²) in [4.78, 5) is 27.7. The molecule has 7 nitrogen and oxygen atoms in total. The second-order valence-corrected chi connectivity index (χ2v) is 7.81. The highest BCUT2D eigenvalue weighted by molar-refractivity contribution is 7.09. The molecule has 0 bridgehead atoms. The Bertz CT molecular complexity index is 814. The second kappa shape index (κ2) is 6.92. The van der Waals surface area contributed by atoms with Crippen molar-refractivity contribution in [2.75, 3.05) is 25.4 Å². The lowest BCUT2D eigenvalue weighted by Crippen LogP contribution is -2.49. The molecule has 0 unspecified atom stereocenters. The zero-order valence-corrected chi connectivity index (χ0v) is 15.7. The quantitative estimate of drug-likeness (QED) is 0.886. The van der Waals surface area contributed by atoms with E-state index in [2.05, 4.69) is 21.9 Å².